The topological polar surface area (TPSA) is 77.3 Å². The van der Waals surface area contributed by atoms with Crippen LogP contribution in [-0.4, -0.2) is 41.9 Å². The third-order valence-corrected chi connectivity index (χ3v) is 4.65. The van der Waals surface area contributed by atoms with E-state index < -0.39 is 0 Å². The molecule has 2 aromatic rings. The highest BCUT2D eigenvalue weighted by Gasteiger charge is 2.08. The normalized spacial score (nSPS) is 10.8. The third kappa shape index (κ3) is 5.49. The first-order valence-corrected chi connectivity index (χ1v) is 9.46. The van der Waals surface area contributed by atoms with Gasteiger partial charge in [0.1, 0.15) is 11.4 Å². The highest BCUT2D eigenvalue weighted by molar-refractivity contribution is 7.99. The van der Waals surface area contributed by atoms with Gasteiger partial charge < -0.3 is 0 Å². The molecule has 0 bridgehead atoms. The Morgan fingerprint density at radius 3 is 1.64 bits per heavy atom. The number of nitrogens with zero attached hydrogens (tertiary/aromatic N) is 6. The van der Waals surface area contributed by atoms with E-state index in [0.717, 1.165) is 37.2 Å². The van der Waals surface area contributed by atoms with E-state index >= 15 is 0 Å². The van der Waals surface area contributed by atoms with Crippen molar-refractivity contribution in [2.75, 3.05) is 11.5 Å². The van der Waals surface area contributed by atoms with Gasteiger partial charge >= 0.3 is 0 Å². The van der Waals surface area contributed by atoms with Gasteiger partial charge in [-0.3, -0.25) is 0 Å². The molecule has 0 N–H and O–H groups in total. The van der Waals surface area contributed by atoms with Crippen LogP contribution >= 0.6 is 23.5 Å². The third-order valence-electron chi connectivity index (χ3n) is 2.80. The van der Waals surface area contributed by atoms with Gasteiger partial charge in [0.25, 0.3) is 0 Å². The maximum Gasteiger partial charge on any atom is 0.209 e. The SMILES string of the molecule is CCCCSc1nncc(-c2cnnc(SCCCC)n2)n1. The standard InChI is InChI=1S/C14H20N6S2/c1-3-5-7-21-13-17-11(9-15-19-13)12-10-16-20-14(18-12)22-8-6-4-2/h9-10H,3-8H2,1-2H3. The van der Waals surface area contributed by atoms with Crippen LogP contribution in [0.4, 0.5) is 0 Å². The summed E-state index contributed by atoms with van der Waals surface area (Å²) in [6, 6.07) is 0. The van der Waals surface area contributed by atoms with Crippen molar-refractivity contribution in [3.63, 3.8) is 0 Å². The summed E-state index contributed by atoms with van der Waals surface area (Å²) in [4.78, 5) is 9.00. The fourth-order valence-corrected chi connectivity index (χ4v) is 3.33. The number of hydrogen-bond acceptors (Lipinski definition) is 8. The van der Waals surface area contributed by atoms with Gasteiger partial charge in [-0.05, 0) is 12.8 Å². The molecule has 22 heavy (non-hydrogen) atoms. The van der Waals surface area contributed by atoms with Gasteiger partial charge in [-0.2, -0.15) is 10.2 Å². The molecule has 8 heteroatoms. The predicted molar refractivity (Wildman–Crippen MR) is 89.9 cm³/mol. The first kappa shape index (κ1) is 17.1. The Morgan fingerprint density at radius 1 is 0.773 bits per heavy atom. The van der Waals surface area contributed by atoms with Crippen LogP contribution in [0.15, 0.2) is 22.7 Å². The molecule has 0 atom stereocenters. The minimum atomic E-state index is 0.685. The summed E-state index contributed by atoms with van der Waals surface area (Å²) in [6.45, 7) is 4.33. The van der Waals surface area contributed by atoms with Gasteiger partial charge in [0.05, 0.1) is 12.4 Å². The fraction of sp³-hybridized carbons (Fsp3) is 0.571. The van der Waals surface area contributed by atoms with E-state index in [4.69, 9.17) is 0 Å². The smallest absolute Gasteiger partial charge is 0.209 e. The molecular weight excluding hydrogens is 316 g/mol. The van der Waals surface area contributed by atoms with Crippen molar-refractivity contribution in [3.8, 4) is 11.4 Å². The average molecular weight is 336 g/mol. The van der Waals surface area contributed by atoms with E-state index in [-0.39, 0.29) is 0 Å². The molecular formula is C14H20N6S2. The molecule has 2 rings (SSSR count). The van der Waals surface area contributed by atoms with Crippen LogP contribution in [0, 0.1) is 0 Å². The van der Waals surface area contributed by atoms with E-state index in [1.807, 2.05) is 0 Å². The average Bonchev–Trinajstić information content (AvgIpc) is 2.56. The van der Waals surface area contributed by atoms with Gasteiger partial charge in [-0.1, -0.05) is 50.2 Å². The monoisotopic (exact) mass is 336 g/mol. The van der Waals surface area contributed by atoms with Crippen molar-refractivity contribution < 1.29 is 0 Å². The van der Waals surface area contributed by atoms with E-state index in [1.165, 1.54) is 0 Å². The van der Waals surface area contributed by atoms with Crippen molar-refractivity contribution in [3.05, 3.63) is 12.4 Å². The zero-order valence-electron chi connectivity index (χ0n) is 12.9. The molecule has 0 aliphatic rings. The summed E-state index contributed by atoms with van der Waals surface area (Å²) in [5, 5.41) is 17.5. The summed E-state index contributed by atoms with van der Waals surface area (Å²) >= 11 is 3.24. The molecule has 0 aliphatic heterocycles. The zero-order valence-corrected chi connectivity index (χ0v) is 14.5. The number of unbranched alkanes of at least 4 members (excludes halogenated alkanes) is 2. The second-order valence-corrected chi connectivity index (χ2v) is 6.78. The molecule has 0 saturated heterocycles. The quantitative estimate of drug-likeness (QED) is 0.508. The van der Waals surface area contributed by atoms with E-state index in [9.17, 15) is 0 Å². The number of thioether (sulfide) groups is 2. The highest BCUT2D eigenvalue weighted by atomic mass is 32.2. The lowest BCUT2D eigenvalue weighted by molar-refractivity contribution is 0.811. The molecule has 0 fully saturated rings. The summed E-state index contributed by atoms with van der Waals surface area (Å²) in [7, 11) is 0. The molecule has 6 nitrogen and oxygen atoms in total. The Bertz CT molecular complexity index is 529. The maximum absolute atomic E-state index is 4.50. The molecule has 0 unspecified atom stereocenters. The van der Waals surface area contributed by atoms with E-state index in [2.05, 4.69) is 44.2 Å². The lowest BCUT2D eigenvalue weighted by Gasteiger charge is -2.03. The number of rotatable bonds is 9. The van der Waals surface area contributed by atoms with Crippen LogP contribution in [0.1, 0.15) is 39.5 Å². The second kappa shape index (κ2) is 9.68. The molecule has 2 heterocycles. The summed E-state index contributed by atoms with van der Waals surface area (Å²) < 4.78 is 0. The van der Waals surface area contributed by atoms with Crippen LogP contribution < -0.4 is 0 Å². The Balaban J connectivity index is 2.07. The van der Waals surface area contributed by atoms with Crippen LogP contribution in [0.2, 0.25) is 0 Å². The molecule has 0 amide bonds. The van der Waals surface area contributed by atoms with Gasteiger partial charge in [0, 0.05) is 11.5 Å². The first-order chi connectivity index (χ1) is 10.8. The molecule has 118 valence electrons. The van der Waals surface area contributed by atoms with Gasteiger partial charge in [0.2, 0.25) is 10.3 Å². The Labute approximate surface area is 139 Å². The van der Waals surface area contributed by atoms with Crippen molar-refractivity contribution in [1.82, 2.24) is 30.4 Å². The minimum absolute atomic E-state index is 0.685. The Kier molecular flexibility index (Phi) is 7.51. The predicted octanol–water partition coefficient (Wildman–Crippen LogP) is 3.51. The van der Waals surface area contributed by atoms with Crippen LogP contribution in [-0.2, 0) is 0 Å². The number of hydrogen-bond donors (Lipinski definition) is 0. The zero-order chi connectivity index (χ0) is 15.6. The van der Waals surface area contributed by atoms with E-state index in [1.54, 1.807) is 35.9 Å². The van der Waals surface area contributed by atoms with Gasteiger partial charge in [-0.25, -0.2) is 9.97 Å². The van der Waals surface area contributed by atoms with Crippen LogP contribution in [0.5, 0.6) is 0 Å². The Hall–Kier alpha value is -1.28. The summed E-state index contributed by atoms with van der Waals surface area (Å²) in [5.41, 5.74) is 1.39. The van der Waals surface area contributed by atoms with Crippen LogP contribution in [0.25, 0.3) is 11.4 Å². The maximum atomic E-state index is 4.50. The summed E-state index contributed by atoms with van der Waals surface area (Å²) in [5.74, 6) is 2.00. The fourth-order valence-electron chi connectivity index (χ4n) is 1.56. The largest absolute Gasteiger partial charge is 0.218 e. The molecule has 0 spiro atoms. The lowest BCUT2D eigenvalue weighted by atomic mass is 10.3. The first-order valence-electron chi connectivity index (χ1n) is 7.49. The summed E-state index contributed by atoms with van der Waals surface area (Å²) in [6.07, 6.45) is 7.85. The molecule has 0 saturated carbocycles. The number of aromatic nitrogens is 6. The van der Waals surface area contributed by atoms with Gasteiger partial charge in [0.15, 0.2) is 0 Å². The molecule has 0 radical (unpaired) electrons. The van der Waals surface area contributed by atoms with E-state index in [0.29, 0.717) is 21.7 Å². The van der Waals surface area contributed by atoms with Crippen molar-refractivity contribution in [1.29, 1.82) is 0 Å². The second-order valence-electron chi connectivity index (χ2n) is 4.65. The minimum Gasteiger partial charge on any atom is -0.218 e. The van der Waals surface area contributed by atoms with Crippen molar-refractivity contribution in [2.45, 2.75) is 49.8 Å². The van der Waals surface area contributed by atoms with Gasteiger partial charge in [-0.15, -0.1) is 10.2 Å². The van der Waals surface area contributed by atoms with Crippen LogP contribution in [0.3, 0.4) is 0 Å². The molecule has 2 aromatic heterocycles. The molecule has 0 aromatic carbocycles. The molecule has 0 aliphatic carbocycles. The van der Waals surface area contributed by atoms with Crippen molar-refractivity contribution in [2.24, 2.45) is 0 Å². The van der Waals surface area contributed by atoms with Crippen molar-refractivity contribution >= 4 is 23.5 Å². The Morgan fingerprint density at radius 2 is 1.23 bits per heavy atom. The lowest BCUT2D eigenvalue weighted by Crippen LogP contribution is -1.99. The highest BCUT2D eigenvalue weighted by Crippen LogP contribution is 2.20.